The normalized spacial score (nSPS) is 16.8. The molecule has 0 radical (unpaired) electrons. The van der Waals surface area contributed by atoms with Gasteiger partial charge in [-0.3, -0.25) is 4.90 Å². The van der Waals surface area contributed by atoms with E-state index in [-0.39, 0.29) is 5.56 Å². The minimum absolute atomic E-state index is 0.174. The summed E-state index contributed by atoms with van der Waals surface area (Å²) in [6.07, 6.45) is 1.12. The molecule has 0 aliphatic carbocycles. The number of hydrogen-bond donors (Lipinski definition) is 0. The maximum atomic E-state index is 13.3. The van der Waals surface area contributed by atoms with Crippen LogP contribution in [0.2, 0.25) is 0 Å². The summed E-state index contributed by atoms with van der Waals surface area (Å²) in [6.45, 7) is 2.26. The fourth-order valence-electron chi connectivity index (χ4n) is 1.49. The van der Waals surface area contributed by atoms with Crippen molar-refractivity contribution < 1.29 is 8.78 Å². The van der Waals surface area contributed by atoms with E-state index in [2.05, 4.69) is 15.9 Å². The van der Waals surface area contributed by atoms with E-state index < -0.39 is 11.6 Å². The molecule has 0 saturated carbocycles. The Hall–Kier alpha value is -0.480. The Kier molecular flexibility index (Phi) is 2.83. The molecule has 0 spiro atoms. The minimum Gasteiger partial charge on any atom is -0.299 e. The first-order valence-electron chi connectivity index (χ1n) is 4.52. The molecule has 1 aliphatic rings. The van der Waals surface area contributed by atoms with E-state index in [1.54, 1.807) is 0 Å². The van der Waals surface area contributed by atoms with Crippen molar-refractivity contribution in [1.82, 2.24) is 4.90 Å². The summed E-state index contributed by atoms with van der Waals surface area (Å²) in [5.74, 6) is -0.937. The summed E-state index contributed by atoms with van der Waals surface area (Å²) >= 11 is 3.05. The van der Waals surface area contributed by atoms with Crippen LogP contribution in [0.1, 0.15) is 12.0 Å². The van der Waals surface area contributed by atoms with E-state index in [4.69, 9.17) is 0 Å². The van der Waals surface area contributed by atoms with Gasteiger partial charge in [0, 0.05) is 16.6 Å². The van der Waals surface area contributed by atoms with Gasteiger partial charge in [0.05, 0.1) is 0 Å². The average Bonchev–Trinajstić information content (AvgIpc) is 1.98. The molecule has 0 atom stereocenters. The lowest BCUT2D eigenvalue weighted by atomic mass is 10.1. The van der Waals surface area contributed by atoms with Crippen molar-refractivity contribution in [3.8, 4) is 0 Å². The molecule has 0 amide bonds. The van der Waals surface area contributed by atoms with Crippen molar-refractivity contribution in [2.75, 3.05) is 13.1 Å². The molecule has 2 rings (SSSR count). The van der Waals surface area contributed by atoms with Crippen LogP contribution < -0.4 is 0 Å². The van der Waals surface area contributed by atoms with Crippen molar-refractivity contribution >= 4 is 15.9 Å². The standard InChI is InChI=1S/C10H10BrF2N/c11-7-4-9(12)8(10(13)5-7)6-14-2-1-3-14/h4-5H,1-3,6H2. The minimum atomic E-state index is -0.469. The highest BCUT2D eigenvalue weighted by Crippen LogP contribution is 2.22. The molecule has 14 heavy (non-hydrogen) atoms. The molecule has 1 aromatic carbocycles. The van der Waals surface area contributed by atoms with Crippen LogP contribution in [0.25, 0.3) is 0 Å². The second-order valence-corrected chi connectivity index (χ2v) is 4.39. The first kappa shape index (κ1) is 10.1. The highest BCUT2D eigenvalue weighted by atomic mass is 79.9. The van der Waals surface area contributed by atoms with Gasteiger partial charge in [-0.1, -0.05) is 15.9 Å². The molecule has 4 heteroatoms. The van der Waals surface area contributed by atoms with Crippen LogP contribution in [0.5, 0.6) is 0 Å². The van der Waals surface area contributed by atoms with Gasteiger partial charge < -0.3 is 0 Å². The summed E-state index contributed by atoms with van der Waals surface area (Å²) in [4.78, 5) is 2.02. The van der Waals surface area contributed by atoms with E-state index in [1.807, 2.05) is 4.90 Å². The average molecular weight is 262 g/mol. The SMILES string of the molecule is Fc1cc(Br)cc(F)c1CN1CCC1. The zero-order valence-electron chi connectivity index (χ0n) is 7.56. The predicted octanol–water partition coefficient (Wildman–Crippen LogP) is 2.93. The fourth-order valence-corrected chi connectivity index (χ4v) is 1.89. The van der Waals surface area contributed by atoms with Crippen LogP contribution in [0.15, 0.2) is 16.6 Å². The van der Waals surface area contributed by atoms with Crippen molar-refractivity contribution in [3.63, 3.8) is 0 Å². The highest BCUT2D eigenvalue weighted by Gasteiger charge is 2.18. The Labute approximate surface area is 89.8 Å². The van der Waals surface area contributed by atoms with Gasteiger partial charge in [-0.15, -0.1) is 0 Å². The maximum absolute atomic E-state index is 13.3. The van der Waals surface area contributed by atoms with Crippen molar-refractivity contribution in [2.24, 2.45) is 0 Å². The van der Waals surface area contributed by atoms with Gasteiger partial charge in [0.2, 0.25) is 0 Å². The number of nitrogens with zero attached hydrogens (tertiary/aromatic N) is 1. The molecule has 1 heterocycles. The van der Waals surface area contributed by atoms with E-state index >= 15 is 0 Å². The third-order valence-corrected chi connectivity index (χ3v) is 2.89. The summed E-state index contributed by atoms with van der Waals surface area (Å²) in [7, 11) is 0. The van der Waals surface area contributed by atoms with Gasteiger partial charge in [0.15, 0.2) is 0 Å². The Morgan fingerprint density at radius 1 is 1.21 bits per heavy atom. The smallest absolute Gasteiger partial charge is 0.131 e. The summed E-state index contributed by atoms with van der Waals surface area (Å²) in [5, 5.41) is 0. The van der Waals surface area contributed by atoms with Gasteiger partial charge in [-0.05, 0) is 31.6 Å². The van der Waals surface area contributed by atoms with Crippen molar-refractivity contribution in [3.05, 3.63) is 33.8 Å². The number of likely N-dealkylation sites (tertiary alicyclic amines) is 1. The Morgan fingerprint density at radius 3 is 2.21 bits per heavy atom. The lowest BCUT2D eigenvalue weighted by Crippen LogP contribution is -2.36. The second-order valence-electron chi connectivity index (χ2n) is 3.48. The topological polar surface area (TPSA) is 3.24 Å². The molecule has 0 aromatic heterocycles. The molecule has 1 fully saturated rings. The molecule has 76 valence electrons. The summed E-state index contributed by atoms with van der Waals surface area (Å²) in [5.41, 5.74) is 0.174. The van der Waals surface area contributed by atoms with Crippen LogP contribution >= 0.6 is 15.9 Å². The van der Waals surface area contributed by atoms with E-state index in [0.717, 1.165) is 19.5 Å². The quantitative estimate of drug-likeness (QED) is 0.792. The molecular weight excluding hydrogens is 252 g/mol. The lowest BCUT2D eigenvalue weighted by Gasteiger charge is -2.30. The molecule has 0 N–H and O–H groups in total. The van der Waals surface area contributed by atoms with Gasteiger partial charge in [-0.2, -0.15) is 0 Å². The third kappa shape index (κ3) is 1.96. The lowest BCUT2D eigenvalue weighted by molar-refractivity contribution is 0.168. The number of halogens is 3. The van der Waals surface area contributed by atoms with Gasteiger partial charge in [0.25, 0.3) is 0 Å². The number of rotatable bonds is 2. The maximum Gasteiger partial charge on any atom is 0.131 e. The molecule has 1 aliphatic heterocycles. The number of hydrogen-bond acceptors (Lipinski definition) is 1. The Bertz CT molecular complexity index is 327. The monoisotopic (exact) mass is 261 g/mol. The van der Waals surface area contributed by atoms with Crippen molar-refractivity contribution in [2.45, 2.75) is 13.0 Å². The molecule has 0 bridgehead atoms. The zero-order valence-corrected chi connectivity index (χ0v) is 9.15. The largest absolute Gasteiger partial charge is 0.299 e. The molecular formula is C10H10BrF2N. The fraction of sp³-hybridized carbons (Fsp3) is 0.400. The second kappa shape index (κ2) is 3.95. The van der Waals surface area contributed by atoms with Gasteiger partial charge in [0.1, 0.15) is 11.6 Å². The van der Waals surface area contributed by atoms with Crippen LogP contribution in [-0.4, -0.2) is 18.0 Å². The van der Waals surface area contributed by atoms with Crippen LogP contribution in [0.4, 0.5) is 8.78 Å². The Balaban J connectivity index is 2.22. The van der Waals surface area contributed by atoms with E-state index in [9.17, 15) is 8.78 Å². The summed E-state index contributed by atoms with van der Waals surface area (Å²) in [6, 6.07) is 2.61. The zero-order chi connectivity index (χ0) is 10.1. The predicted molar refractivity (Wildman–Crippen MR) is 54.0 cm³/mol. The molecule has 0 unspecified atom stereocenters. The summed E-state index contributed by atoms with van der Waals surface area (Å²) < 4.78 is 27.1. The Morgan fingerprint density at radius 2 is 1.79 bits per heavy atom. The van der Waals surface area contributed by atoms with Crippen LogP contribution in [-0.2, 0) is 6.54 Å². The first-order valence-corrected chi connectivity index (χ1v) is 5.32. The van der Waals surface area contributed by atoms with Crippen LogP contribution in [0, 0.1) is 11.6 Å². The number of benzene rings is 1. The van der Waals surface area contributed by atoms with E-state index in [0.29, 0.717) is 11.0 Å². The van der Waals surface area contributed by atoms with Crippen molar-refractivity contribution in [1.29, 1.82) is 0 Å². The van der Waals surface area contributed by atoms with Crippen LogP contribution in [0.3, 0.4) is 0 Å². The molecule has 1 saturated heterocycles. The van der Waals surface area contributed by atoms with Gasteiger partial charge >= 0.3 is 0 Å². The van der Waals surface area contributed by atoms with E-state index in [1.165, 1.54) is 12.1 Å². The first-order chi connectivity index (χ1) is 6.66. The highest BCUT2D eigenvalue weighted by molar-refractivity contribution is 9.10. The third-order valence-electron chi connectivity index (χ3n) is 2.44. The molecule has 1 aromatic rings. The molecule has 1 nitrogen and oxygen atoms in total. The van der Waals surface area contributed by atoms with Gasteiger partial charge in [-0.25, -0.2) is 8.78 Å².